The second kappa shape index (κ2) is 9.70. The Labute approximate surface area is 173 Å². The molecule has 0 unspecified atom stereocenters. The fourth-order valence-electron chi connectivity index (χ4n) is 2.74. The number of benzene rings is 1. The molecule has 0 saturated heterocycles. The van der Waals surface area contributed by atoms with E-state index in [1.807, 2.05) is 16.8 Å². The van der Waals surface area contributed by atoms with Crippen molar-refractivity contribution in [2.45, 2.75) is 6.54 Å². The Morgan fingerprint density at radius 1 is 1.10 bits per heavy atom. The Hall–Kier alpha value is -3.39. The van der Waals surface area contributed by atoms with Crippen LogP contribution in [0.2, 0.25) is 0 Å². The quantitative estimate of drug-likeness (QED) is 0.571. The Morgan fingerprint density at radius 3 is 2.45 bits per heavy atom. The molecule has 8 heteroatoms. The standard InChI is InChI=1S/C21H21N3O4S/c1-26-17-10-14(11-18(27-2)21(17)28-3)4-5-19(25)24-12-16-20(23-8-7-22-16)15-6-9-29-13-15/h4-11,13H,12H2,1-3H3,(H,24,25)/b5-4+. The third-order valence-corrected chi connectivity index (χ3v) is 4.80. The predicted molar refractivity (Wildman–Crippen MR) is 112 cm³/mol. The molecule has 0 fully saturated rings. The molecule has 3 aromatic rings. The molecule has 0 aliphatic rings. The summed E-state index contributed by atoms with van der Waals surface area (Å²) in [5.74, 6) is 1.29. The monoisotopic (exact) mass is 411 g/mol. The van der Waals surface area contributed by atoms with Gasteiger partial charge in [-0.2, -0.15) is 11.3 Å². The fourth-order valence-corrected chi connectivity index (χ4v) is 3.38. The van der Waals surface area contributed by atoms with Crippen LogP contribution in [-0.4, -0.2) is 37.2 Å². The highest BCUT2D eigenvalue weighted by Gasteiger charge is 2.12. The van der Waals surface area contributed by atoms with Gasteiger partial charge in [-0.1, -0.05) is 0 Å². The number of methoxy groups -OCH3 is 3. The first-order valence-electron chi connectivity index (χ1n) is 8.74. The first-order valence-corrected chi connectivity index (χ1v) is 9.69. The van der Waals surface area contributed by atoms with Gasteiger partial charge in [-0.3, -0.25) is 14.8 Å². The van der Waals surface area contributed by atoms with Gasteiger partial charge in [-0.05, 0) is 35.2 Å². The third kappa shape index (κ3) is 4.91. The zero-order valence-corrected chi connectivity index (χ0v) is 17.2. The number of aromatic nitrogens is 2. The van der Waals surface area contributed by atoms with Crippen molar-refractivity contribution < 1.29 is 19.0 Å². The molecule has 0 atom stereocenters. The van der Waals surface area contributed by atoms with Gasteiger partial charge in [0.15, 0.2) is 11.5 Å². The topological polar surface area (TPSA) is 82.6 Å². The zero-order chi connectivity index (χ0) is 20.6. The van der Waals surface area contributed by atoms with Crippen molar-refractivity contribution in [3.63, 3.8) is 0 Å². The van der Waals surface area contributed by atoms with E-state index in [0.717, 1.165) is 16.8 Å². The van der Waals surface area contributed by atoms with E-state index in [1.54, 1.807) is 63.3 Å². The summed E-state index contributed by atoms with van der Waals surface area (Å²) in [5, 5.41) is 6.82. The molecule has 0 bridgehead atoms. The lowest BCUT2D eigenvalue weighted by Gasteiger charge is -2.12. The average molecular weight is 411 g/mol. The van der Waals surface area contributed by atoms with Gasteiger partial charge in [-0.25, -0.2) is 0 Å². The Morgan fingerprint density at radius 2 is 1.83 bits per heavy atom. The maximum atomic E-state index is 12.3. The van der Waals surface area contributed by atoms with E-state index in [9.17, 15) is 4.79 Å². The second-order valence-electron chi connectivity index (χ2n) is 5.87. The van der Waals surface area contributed by atoms with Crippen LogP contribution in [0.5, 0.6) is 17.2 Å². The van der Waals surface area contributed by atoms with E-state index in [2.05, 4.69) is 15.3 Å². The number of carbonyl (C=O) groups excluding carboxylic acids is 1. The van der Waals surface area contributed by atoms with E-state index >= 15 is 0 Å². The van der Waals surface area contributed by atoms with Crippen molar-refractivity contribution in [3.8, 4) is 28.5 Å². The van der Waals surface area contributed by atoms with Crippen LogP contribution < -0.4 is 19.5 Å². The van der Waals surface area contributed by atoms with Crippen molar-refractivity contribution >= 4 is 23.3 Å². The summed E-state index contributed by atoms with van der Waals surface area (Å²) in [7, 11) is 4.63. The second-order valence-corrected chi connectivity index (χ2v) is 6.65. The summed E-state index contributed by atoms with van der Waals surface area (Å²) in [4.78, 5) is 21.0. The maximum absolute atomic E-state index is 12.3. The molecule has 1 N–H and O–H groups in total. The van der Waals surface area contributed by atoms with Gasteiger partial charge in [0, 0.05) is 29.4 Å². The molecule has 2 aromatic heterocycles. The Kier molecular flexibility index (Phi) is 6.80. The molecule has 7 nitrogen and oxygen atoms in total. The first-order chi connectivity index (χ1) is 14.2. The molecule has 0 spiro atoms. The highest BCUT2D eigenvalue weighted by molar-refractivity contribution is 7.08. The van der Waals surface area contributed by atoms with Gasteiger partial charge in [-0.15, -0.1) is 0 Å². The van der Waals surface area contributed by atoms with Crippen molar-refractivity contribution in [2.24, 2.45) is 0 Å². The minimum absolute atomic E-state index is 0.249. The lowest BCUT2D eigenvalue weighted by molar-refractivity contribution is -0.116. The fraction of sp³-hybridized carbons (Fsp3) is 0.190. The van der Waals surface area contributed by atoms with Crippen LogP contribution in [0.3, 0.4) is 0 Å². The molecule has 0 aliphatic carbocycles. The Balaban J connectivity index is 1.70. The van der Waals surface area contributed by atoms with Crippen LogP contribution in [0, 0.1) is 0 Å². The molecule has 29 heavy (non-hydrogen) atoms. The minimum atomic E-state index is -0.249. The molecular weight excluding hydrogens is 390 g/mol. The van der Waals surface area contributed by atoms with E-state index < -0.39 is 0 Å². The van der Waals surface area contributed by atoms with E-state index in [1.165, 1.54) is 6.08 Å². The van der Waals surface area contributed by atoms with Crippen molar-refractivity contribution in [3.05, 3.63) is 58.7 Å². The molecule has 1 aromatic carbocycles. The number of thiophene rings is 1. The molecule has 3 rings (SSSR count). The van der Waals surface area contributed by atoms with Crippen LogP contribution in [-0.2, 0) is 11.3 Å². The summed E-state index contributed by atoms with van der Waals surface area (Å²) in [5.41, 5.74) is 3.21. The van der Waals surface area contributed by atoms with E-state index in [-0.39, 0.29) is 12.5 Å². The van der Waals surface area contributed by atoms with Crippen LogP contribution in [0.15, 0.2) is 47.4 Å². The van der Waals surface area contributed by atoms with Crippen molar-refractivity contribution in [1.29, 1.82) is 0 Å². The number of nitrogens with zero attached hydrogens (tertiary/aromatic N) is 2. The lowest BCUT2D eigenvalue weighted by Crippen LogP contribution is -2.21. The number of hydrogen-bond donors (Lipinski definition) is 1. The van der Waals surface area contributed by atoms with Gasteiger partial charge in [0.2, 0.25) is 11.7 Å². The summed E-state index contributed by atoms with van der Waals surface area (Å²) >= 11 is 1.59. The van der Waals surface area contributed by atoms with Gasteiger partial charge in [0.1, 0.15) is 0 Å². The first kappa shape index (κ1) is 20.3. The molecule has 0 aliphatic heterocycles. The molecule has 0 radical (unpaired) electrons. The van der Waals surface area contributed by atoms with Crippen LogP contribution in [0.1, 0.15) is 11.3 Å². The van der Waals surface area contributed by atoms with Crippen LogP contribution in [0.4, 0.5) is 0 Å². The number of carbonyl (C=O) groups is 1. The molecule has 2 heterocycles. The van der Waals surface area contributed by atoms with Gasteiger partial charge >= 0.3 is 0 Å². The van der Waals surface area contributed by atoms with Crippen molar-refractivity contribution in [1.82, 2.24) is 15.3 Å². The van der Waals surface area contributed by atoms with E-state index in [0.29, 0.717) is 22.9 Å². The molecule has 0 saturated carbocycles. The molecular formula is C21H21N3O4S. The molecule has 150 valence electrons. The summed E-state index contributed by atoms with van der Waals surface area (Å²) in [6.45, 7) is 0.275. The number of amides is 1. The summed E-state index contributed by atoms with van der Waals surface area (Å²) in [6, 6.07) is 5.51. The number of rotatable bonds is 8. The Bertz CT molecular complexity index is 978. The van der Waals surface area contributed by atoms with Crippen LogP contribution in [0.25, 0.3) is 17.3 Å². The maximum Gasteiger partial charge on any atom is 0.244 e. The lowest BCUT2D eigenvalue weighted by atomic mass is 10.1. The SMILES string of the molecule is COc1cc(/C=C/C(=O)NCc2nccnc2-c2ccsc2)cc(OC)c1OC. The summed E-state index contributed by atoms with van der Waals surface area (Å²) in [6.07, 6.45) is 6.38. The smallest absolute Gasteiger partial charge is 0.244 e. The minimum Gasteiger partial charge on any atom is -0.493 e. The van der Waals surface area contributed by atoms with Crippen molar-refractivity contribution in [2.75, 3.05) is 21.3 Å². The van der Waals surface area contributed by atoms with Gasteiger partial charge in [0.25, 0.3) is 0 Å². The number of nitrogens with one attached hydrogen (secondary N) is 1. The number of hydrogen-bond acceptors (Lipinski definition) is 7. The summed E-state index contributed by atoms with van der Waals surface area (Å²) < 4.78 is 16.0. The third-order valence-electron chi connectivity index (χ3n) is 4.11. The van der Waals surface area contributed by atoms with Crippen LogP contribution >= 0.6 is 11.3 Å². The van der Waals surface area contributed by atoms with Gasteiger partial charge in [0.05, 0.1) is 39.3 Å². The number of ether oxygens (including phenoxy) is 3. The predicted octanol–water partition coefficient (Wildman–Crippen LogP) is 3.56. The largest absolute Gasteiger partial charge is 0.493 e. The highest BCUT2D eigenvalue weighted by atomic mass is 32.1. The molecule has 1 amide bonds. The zero-order valence-electron chi connectivity index (χ0n) is 16.3. The highest BCUT2D eigenvalue weighted by Crippen LogP contribution is 2.38. The normalized spacial score (nSPS) is 10.7. The van der Waals surface area contributed by atoms with Gasteiger partial charge < -0.3 is 19.5 Å². The average Bonchev–Trinajstić information content (AvgIpc) is 3.30. The van der Waals surface area contributed by atoms with E-state index in [4.69, 9.17) is 14.2 Å².